The summed E-state index contributed by atoms with van der Waals surface area (Å²) in [5, 5.41) is 3.03. The lowest BCUT2D eigenvalue weighted by Crippen LogP contribution is -2.49. The minimum atomic E-state index is -0.0244. The number of aromatic nitrogens is 1. The van der Waals surface area contributed by atoms with Crippen molar-refractivity contribution in [3.05, 3.63) is 59.4 Å². The first-order chi connectivity index (χ1) is 10.6. The van der Waals surface area contributed by atoms with E-state index in [0.29, 0.717) is 0 Å². The van der Waals surface area contributed by atoms with Crippen LogP contribution in [0.3, 0.4) is 0 Å². The topological polar surface area (TPSA) is 37.3 Å². The van der Waals surface area contributed by atoms with Gasteiger partial charge >= 0.3 is 6.03 Å². The molecule has 1 unspecified atom stereocenters. The Morgan fingerprint density at radius 2 is 1.95 bits per heavy atom. The highest BCUT2D eigenvalue weighted by Gasteiger charge is 2.32. The predicted octanol–water partition coefficient (Wildman–Crippen LogP) is 3.32. The second kappa shape index (κ2) is 5.87. The Morgan fingerprint density at radius 3 is 2.68 bits per heavy atom. The number of hydrogen-bond donors (Lipinski definition) is 1. The zero-order chi connectivity index (χ0) is 15.7. The number of amides is 2. The molecule has 0 saturated heterocycles. The first-order valence-electron chi connectivity index (χ1n) is 7.85. The van der Waals surface area contributed by atoms with E-state index in [-0.39, 0.29) is 18.1 Å². The van der Waals surface area contributed by atoms with E-state index in [1.54, 1.807) is 0 Å². The lowest BCUT2D eigenvalue weighted by molar-refractivity contribution is 0.166. The largest absolute Gasteiger partial charge is 0.348 e. The average molecular weight is 297 g/mol. The summed E-state index contributed by atoms with van der Waals surface area (Å²) in [7, 11) is 0. The Labute approximate surface area is 131 Å². The first-order valence-corrected chi connectivity index (χ1v) is 7.85. The molecule has 22 heavy (non-hydrogen) atoms. The Hall–Kier alpha value is -2.23. The maximum atomic E-state index is 12.6. The molecule has 116 valence electrons. The van der Waals surface area contributed by atoms with Crippen LogP contribution < -0.4 is 5.32 Å². The molecule has 2 aromatic rings. The third kappa shape index (κ3) is 2.61. The Kier molecular flexibility index (Phi) is 3.92. The molecule has 1 N–H and O–H groups in total. The molecule has 0 aliphatic carbocycles. The molecule has 0 bridgehead atoms. The van der Waals surface area contributed by atoms with Crippen LogP contribution in [0.2, 0.25) is 0 Å². The van der Waals surface area contributed by atoms with Gasteiger partial charge in [-0.3, -0.25) is 0 Å². The fourth-order valence-electron chi connectivity index (χ4n) is 3.15. The van der Waals surface area contributed by atoms with E-state index in [1.165, 1.54) is 16.8 Å². The average Bonchev–Trinajstić information content (AvgIpc) is 2.94. The van der Waals surface area contributed by atoms with Crippen molar-refractivity contribution < 1.29 is 4.79 Å². The summed E-state index contributed by atoms with van der Waals surface area (Å²) in [5.74, 6) is 0. The highest BCUT2D eigenvalue weighted by Crippen LogP contribution is 2.34. The maximum absolute atomic E-state index is 12.6. The molecule has 1 atom stereocenters. The van der Waals surface area contributed by atoms with Crippen LogP contribution in [0, 0.1) is 6.92 Å². The minimum absolute atomic E-state index is 0.00991. The number of hydrogen-bond acceptors (Lipinski definition) is 1. The summed E-state index contributed by atoms with van der Waals surface area (Å²) in [6, 6.07) is 12.6. The Morgan fingerprint density at radius 1 is 1.18 bits per heavy atom. The number of aryl methyl sites for hydroxylation is 1. The summed E-state index contributed by atoms with van der Waals surface area (Å²) < 4.78 is 2.25. The third-order valence-electron chi connectivity index (χ3n) is 4.19. The van der Waals surface area contributed by atoms with Gasteiger partial charge in [0, 0.05) is 31.0 Å². The molecule has 1 aliphatic heterocycles. The van der Waals surface area contributed by atoms with Crippen LogP contribution in [0.25, 0.3) is 0 Å². The van der Waals surface area contributed by atoms with Crippen molar-refractivity contribution >= 4 is 6.03 Å². The number of rotatable bonds is 2. The smallest absolute Gasteiger partial charge is 0.318 e. The van der Waals surface area contributed by atoms with Crippen LogP contribution in [0.5, 0.6) is 0 Å². The summed E-state index contributed by atoms with van der Waals surface area (Å²) in [6.45, 7) is 7.66. The predicted molar refractivity (Wildman–Crippen MR) is 87.8 cm³/mol. The van der Waals surface area contributed by atoms with Gasteiger partial charge in [0.15, 0.2) is 0 Å². The van der Waals surface area contributed by atoms with Crippen molar-refractivity contribution in [2.75, 3.05) is 6.54 Å². The minimum Gasteiger partial charge on any atom is -0.348 e. The van der Waals surface area contributed by atoms with Crippen molar-refractivity contribution in [1.29, 1.82) is 0 Å². The summed E-state index contributed by atoms with van der Waals surface area (Å²) >= 11 is 0. The quantitative estimate of drug-likeness (QED) is 0.907. The number of nitrogens with zero attached hydrogens (tertiary/aromatic N) is 2. The van der Waals surface area contributed by atoms with E-state index in [4.69, 9.17) is 0 Å². The molecule has 0 saturated carbocycles. The van der Waals surface area contributed by atoms with Gasteiger partial charge in [-0.15, -0.1) is 0 Å². The van der Waals surface area contributed by atoms with Gasteiger partial charge < -0.3 is 14.8 Å². The number of urea groups is 1. The van der Waals surface area contributed by atoms with Crippen molar-refractivity contribution in [2.45, 2.75) is 39.4 Å². The molecule has 1 aliphatic rings. The van der Waals surface area contributed by atoms with Gasteiger partial charge in [-0.1, -0.05) is 24.3 Å². The number of carbonyl (C=O) groups excluding carboxylic acids is 1. The zero-order valence-electron chi connectivity index (χ0n) is 13.4. The summed E-state index contributed by atoms with van der Waals surface area (Å²) in [4.78, 5) is 14.6. The van der Waals surface area contributed by atoms with Crippen LogP contribution in [-0.4, -0.2) is 28.1 Å². The van der Waals surface area contributed by atoms with Crippen LogP contribution in [0.15, 0.2) is 42.6 Å². The second-order valence-corrected chi connectivity index (χ2v) is 6.18. The molecule has 4 heteroatoms. The maximum Gasteiger partial charge on any atom is 0.318 e. The lowest BCUT2D eigenvalue weighted by atomic mass is 9.96. The van der Waals surface area contributed by atoms with E-state index in [1.807, 2.05) is 30.9 Å². The van der Waals surface area contributed by atoms with Crippen LogP contribution in [0.4, 0.5) is 4.79 Å². The van der Waals surface area contributed by atoms with Gasteiger partial charge in [0.2, 0.25) is 0 Å². The Bertz CT molecular complexity index is 674. The van der Waals surface area contributed by atoms with Gasteiger partial charge in [-0.05, 0) is 44.0 Å². The van der Waals surface area contributed by atoms with Crippen molar-refractivity contribution in [3.8, 4) is 0 Å². The van der Waals surface area contributed by atoms with Gasteiger partial charge in [-0.2, -0.15) is 0 Å². The molecule has 4 nitrogen and oxygen atoms in total. The van der Waals surface area contributed by atoms with Gasteiger partial charge in [0.05, 0.1) is 6.04 Å². The molecule has 1 aromatic carbocycles. The third-order valence-corrected chi connectivity index (χ3v) is 4.19. The fraction of sp³-hybridized carbons (Fsp3) is 0.389. The normalized spacial score (nSPS) is 17.5. The van der Waals surface area contributed by atoms with Crippen LogP contribution in [0.1, 0.15) is 36.7 Å². The summed E-state index contributed by atoms with van der Waals surface area (Å²) in [6.07, 6.45) is 2.10. The Balaban J connectivity index is 2.04. The van der Waals surface area contributed by atoms with E-state index >= 15 is 0 Å². The molecule has 3 rings (SSSR count). The zero-order valence-corrected chi connectivity index (χ0v) is 13.4. The molecule has 2 heterocycles. The molecule has 0 spiro atoms. The standard InChI is InChI=1S/C18H23N3O/c1-13(2)19-18(22)21-12-11-20-10-6-9-16(20)17(21)15-8-5-4-7-14(15)3/h4-10,13,17H,11-12H2,1-3H3,(H,19,22). The van der Waals surface area contributed by atoms with E-state index in [0.717, 1.165) is 13.1 Å². The monoisotopic (exact) mass is 297 g/mol. The number of benzene rings is 1. The molecule has 0 fully saturated rings. The summed E-state index contributed by atoms with van der Waals surface area (Å²) in [5.41, 5.74) is 3.59. The highest BCUT2D eigenvalue weighted by molar-refractivity contribution is 5.76. The second-order valence-electron chi connectivity index (χ2n) is 6.18. The van der Waals surface area contributed by atoms with E-state index in [2.05, 4.69) is 47.3 Å². The number of fused-ring (bicyclic) bond motifs is 1. The fourth-order valence-corrected chi connectivity index (χ4v) is 3.15. The van der Waals surface area contributed by atoms with Gasteiger partial charge in [0.25, 0.3) is 0 Å². The van der Waals surface area contributed by atoms with E-state index in [9.17, 15) is 4.79 Å². The molecule has 1 aromatic heterocycles. The number of nitrogens with one attached hydrogen (secondary N) is 1. The first kappa shape index (κ1) is 14.7. The lowest BCUT2D eigenvalue weighted by Gasteiger charge is -2.38. The number of carbonyl (C=O) groups is 1. The highest BCUT2D eigenvalue weighted by atomic mass is 16.2. The van der Waals surface area contributed by atoms with Crippen LogP contribution in [-0.2, 0) is 6.54 Å². The SMILES string of the molecule is Cc1ccccc1C1c2cccn2CCN1C(=O)NC(C)C. The van der Waals surface area contributed by atoms with Gasteiger partial charge in [0.1, 0.15) is 0 Å². The molecule has 0 radical (unpaired) electrons. The van der Waals surface area contributed by atoms with Crippen molar-refractivity contribution in [3.63, 3.8) is 0 Å². The van der Waals surface area contributed by atoms with Crippen molar-refractivity contribution in [1.82, 2.24) is 14.8 Å². The molecular weight excluding hydrogens is 274 g/mol. The van der Waals surface area contributed by atoms with E-state index < -0.39 is 0 Å². The van der Waals surface area contributed by atoms with Crippen LogP contribution >= 0.6 is 0 Å². The molecular formula is C18H23N3O. The van der Waals surface area contributed by atoms with Crippen molar-refractivity contribution in [2.24, 2.45) is 0 Å². The van der Waals surface area contributed by atoms with Gasteiger partial charge in [-0.25, -0.2) is 4.79 Å². The molecule has 2 amide bonds.